The van der Waals surface area contributed by atoms with E-state index < -0.39 is 5.92 Å². The number of Topliss-reactive ketones (excluding diaryl/α,β-unsaturated/α-hetero) is 1. The monoisotopic (exact) mass is 592 g/mol. The van der Waals surface area contributed by atoms with Crippen molar-refractivity contribution in [2.75, 3.05) is 41.8 Å². The van der Waals surface area contributed by atoms with Crippen LogP contribution in [0.5, 0.6) is 0 Å². The molecule has 10 heteroatoms. The number of aliphatic imine (C=N–C) groups is 1. The zero-order chi connectivity index (χ0) is 29.9. The maximum absolute atomic E-state index is 13.5. The van der Waals surface area contributed by atoms with Crippen molar-refractivity contribution >= 4 is 63.7 Å². The number of thiophene rings is 1. The van der Waals surface area contributed by atoms with Crippen LogP contribution in [0.1, 0.15) is 53.7 Å². The van der Waals surface area contributed by atoms with Crippen LogP contribution in [0.2, 0.25) is 0 Å². The zero-order valence-corrected chi connectivity index (χ0v) is 24.1. The van der Waals surface area contributed by atoms with E-state index in [2.05, 4.69) is 20.5 Å². The van der Waals surface area contributed by atoms with Gasteiger partial charge in [-0.3, -0.25) is 24.2 Å². The molecule has 1 atom stereocenters. The van der Waals surface area contributed by atoms with Gasteiger partial charge in [0.05, 0.1) is 28.7 Å². The number of nitrogens with zero attached hydrogens (tertiary/aromatic N) is 2. The van der Waals surface area contributed by atoms with Crippen molar-refractivity contribution in [3.8, 4) is 0 Å². The lowest BCUT2D eigenvalue weighted by Gasteiger charge is -2.28. The highest BCUT2D eigenvalue weighted by atomic mass is 32.1. The van der Waals surface area contributed by atoms with Crippen LogP contribution >= 0.6 is 11.3 Å². The first-order chi connectivity index (χ1) is 20.9. The summed E-state index contributed by atoms with van der Waals surface area (Å²) in [5, 5.41) is 5.66. The number of nitrogens with one attached hydrogen (secondary N) is 2. The molecule has 3 aromatic carbocycles. The minimum absolute atomic E-state index is 0.102. The summed E-state index contributed by atoms with van der Waals surface area (Å²) in [6.45, 7) is 4.57. The Hall–Kier alpha value is -4.93. The van der Waals surface area contributed by atoms with E-state index >= 15 is 0 Å². The second-order valence-corrected chi connectivity index (χ2v) is 11.3. The Balaban J connectivity index is 1.17. The van der Waals surface area contributed by atoms with Crippen LogP contribution in [-0.2, 0) is 9.53 Å². The Morgan fingerprint density at radius 2 is 1.70 bits per heavy atom. The molecule has 0 bridgehead atoms. The molecule has 1 unspecified atom stereocenters. The van der Waals surface area contributed by atoms with Crippen molar-refractivity contribution < 1.29 is 23.9 Å². The van der Waals surface area contributed by atoms with Gasteiger partial charge >= 0.3 is 0 Å². The molecule has 0 spiro atoms. The van der Waals surface area contributed by atoms with E-state index in [1.165, 1.54) is 6.92 Å². The SMILES string of the molecule is CC(=O)c1ccc(C(=O)Nc2cccc(C(=O)c3ccc4c(c3)C(C=Nc3ccc(N5CCOCC5)cc3)C(=O)N4)c2)s1. The maximum atomic E-state index is 13.5. The minimum atomic E-state index is -0.641. The number of hydrogen-bond acceptors (Lipinski definition) is 8. The van der Waals surface area contributed by atoms with Gasteiger partial charge < -0.3 is 20.3 Å². The normalized spacial score (nSPS) is 16.2. The molecular formula is C33H28N4O5S. The van der Waals surface area contributed by atoms with Gasteiger partial charge in [-0.05, 0) is 79.2 Å². The van der Waals surface area contributed by atoms with Crippen LogP contribution in [0.25, 0.3) is 0 Å². The smallest absolute Gasteiger partial charge is 0.265 e. The van der Waals surface area contributed by atoms with E-state index in [9.17, 15) is 19.2 Å². The molecule has 4 aromatic rings. The van der Waals surface area contributed by atoms with Crippen LogP contribution in [0.4, 0.5) is 22.7 Å². The summed E-state index contributed by atoms with van der Waals surface area (Å²) < 4.78 is 5.42. The first kappa shape index (κ1) is 28.2. The van der Waals surface area contributed by atoms with Crippen LogP contribution < -0.4 is 15.5 Å². The number of carbonyl (C=O) groups is 4. The lowest BCUT2D eigenvalue weighted by Crippen LogP contribution is -2.36. The fourth-order valence-corrected chi connectivity index (χ4v) is 5.85. The van der Waals surface area contributed by atoms with Crippen LogP contribution in [0, 0.1) is 0 Å². The minimum Gasteiger partial charge on any atom is -0.378 e. The lowest BCUT2D eigenvalue weighted by atomic mass is 9.96. The highest BCUT2D eigenvalue weighted by Gasteiger charge is 2.30. The van der Waals surface area contributed by atoms with Crippen molar-refractivity contribution in [2.24, 2.45) is 4.99 Å². The first-order valence-electron chi connectivity index (χ1n) is 13.8. The number of fused-ring (bicyclic) bond motifs is 1. The number of morpholine rings is 1. The lowest BCUT2D eigenvalue weighted by molar-refractivity contribution is -0.115. The molecule has 0 saturated carbocycles. The number of amides is 2. The maximum Gasteiger partial charge on any atom is 0.265 e. The Labute approximate surface area is 252 Å². The number of benzene rings is 3. The third-order valence-electron chi connectivity index (χ3n) is 7.35. The zero-order valence-electron chi connectivity index (χ0n) is 23.3. The Kier molecular flexibility index (Phi) is 7.95. The van der Waals surface area contributed by atoms with Crippen molar-refractivity contribution in [3.05, 3.63) is 105 Å². The largest absolute Gasteiger partial charge is 0.378 e. The summed E-state index contributed by atoms with van der Waals surface area (Å²) in [5.41, 5.74) is 4.40. The van der Waals surface area contributed by atoms with E-state index in [4.69, 9.17) is 4.74 Å². The summed E-state index contributed by atoms with van der Waals surface area (Å²) in [4.78, 5) is 58.3. The van der Waals surface area contributed by atoms with Gasteiger partial charge in [-0.1, -0.05) is 12.1 Å². The molecular weight excluding hydrogens is 564 g/mol. The fraction of sp³-hybridized carbons (Fsp3) is 0.182. The van der Waals surface area contributed by atoms with Gasteiger partial charge in [0.2, 0.25) is 5.91 Å². The van der Waals surface area contributed by atoms with Crippen molar-refractivity contribution in [2.45, 2.75) is 12.8 Å². The molecule has 1 fully saturated rings. The van der Waals surface area contributed by atoms with Crippen LogP contribution in [-0.4, -0.2) is 55.9 Å². The highest BCUT2D eigenvalue weighted by Crippen LogP contribution is 2.34. The van der Waals surface area contributed by atoms with Crippen molar-refractivity contribution in [3.63, 3.8) is 0 Å². The predicted molar refractivity (Wildman–Crippen MR) is 168 cm³/mol. The molecule has 1 saturated heterocycles. The Bertz CT molecular complexity index is 1760. The summed E-state index contributed by atoms with van der Waals surface area (Å²) in [6, 6.07) is 22.9. The number of hydrogen-bond donors (Lipinski definition) is 2. The van der Waals surface area contributed by atoms with E-state index in [0.29, 0.717) is 51.0 Å². The molecule has 2 amide bonds. The molecule has 2 aliphatic rings. The highest BCUT2D eigenvalue weighted by molar-refractivity contribution is 7.16. The van der Waals surface area contributed by atoms with E-state index in [0.717, 1.165) is 35.8 Å². The second-order valence-electron chi connectivity index (χ2n) is 10.2. The summed E-state index contributed by atoms with van der Waals surface area (Å²) in [6.07, 6.45) is 1.61. The molecule has 9 nitrogen and oxygen atoms in total. The Morgan fingerprint density at radius 1 is 0.953 bits per heavy atom. The van der Waals surface area contributed by atoms with E-state index in [-0.39, 0.29) is 23.4 Å². The van der Waals surface area contributed by atoms with Gasteiger partial charge in [0.15, 0.2) is 11.6 Å². The fourth-order valence-electron chi connectivity index (χ4n) is 5.05. The van der Waals surface area contributed by atoms with Gasteiger partial charge in [0, 0.05) is 47.5 Å². The molecule has 2 aliphatic heterocycles. The molecule has 43 heavy (non-hydrogen) atoms. The number of anilines is 3. The number of carbonyl (C=O) groups excluding carboxylic acids is 4. The van der Waals surface area contributed by atoms with Crippen molar-refractivity contribution in [1.29, 1.82) is 0 Å². The predicted octanol–water partition coefficient (Wildman–Crippen LogP) is 5.71. The van der Waals surface area contributed by atoms with Gasteiger partial charge in [-0.2, -0.15) is 0 Å². The quantitative estimate of drug-likeness (QED) is 0.200. The van der Waals surface area contributed by atoms with Gasteiger partial charge in [0.1, 0.15) is 5.92 Å². The van der Waals surface area contributed by atoms with Gasteiger partial charge in [-0.15, -0.1) is 11.3 Å². The summed E-state index contributed by atoms with van der Waals surface area (Å²) in [7, 11) is 0. The number of rotatable bonds is 8. The topological polar surface area (TPSA) is 117 Å². The summed E-state index contributed by atoms with van der Waals surface area (Å²) >= 11 is 1.12. The van der Waals surface area contributed by atoms with Gasteiger partial charge in [-0.25, -0.2) is 0 Å². The number of ether oxygens (including phenoxy) is 1. The summed E-state index contributed by atoms with van der Waals surface area (Å²) in [5.74, 6) is -1.56. The molecule has 0 aliphatic carbocycles. The first-order valence-corrected chi connectivity index (χ1v) is 14.7. The Morgan fingerprint density at radius 3 is 2.44 bits per heavy atom. The van der Waals surface area contributed by atoms with Gasteiger partial charge in [0.25, 0.3) is 5.91 Å². The molecule has 2 N–H and O–H groups in total. The molecule has 0 radical (unpaired) electrons. The molecule has 6 rings (SSSR count). The standard InChI is InChI=1S/C33H28N4O5S/c1-20(38)29-11-12-30(43-29)33(41)35-24-4-2-3-21(17-24)31(39)22-5-10-28-26(18-22)27(32(40)36-28)19-34-23-6-8-25(9-7-23)37-13-15-42-16-14-37/h2-12,17-19,27H,13-16H2,1H3,(H,35,41)(H,36,40). The molecule has 3 heterocycles. The van der Waals surface area contributed by atoms with Crippen LogP contribution in [0.15, 0.2) is 83.9 Å². The van der Waals surface area contributed by atoms with Crippen LogP contribution in [0.3, 0.4) is 0 Å². The third kappa shape index (κ3) is 6.15. The second kappa shape index (κ2) is 12.1. The average molecular weight is 593 g/mol. The third-order valence-corrected chi connectivity index (χ3v) is 8.53. The van der Waals surface area contributed by atoms with E-state index in [1.807, 2.05) is 24.3 Å². The molecule has 216 valence electrons. The van der Waals surface area contributed by atoms with Crippen molar-refractivity contribution in [1.82, 2.24) is 0 Å². The number of ketones is 2. The van der Waals surface area contributed by atoms with E-state index in [1.54, 1.807) is 60.8 Å². The average Bonchev–Trinajstić information content (AvgIpc) is 3.65. The molecule has 1 aromatic heterocycles.